The lowest BCUT2D eigenvalue weighted by molar-refractivity contribution is -0.119. The molecule has 1 fully saturated rings. The van der Waals surface area contributed by atoms with Crippen LogP contribution in [-0.4, -0.2) is 27.3 Å². The average Bonchev–Trinajstić information content (AvgIpc) is 3.22. The van der Waals surface area contributed by atoms with Crippen molar-refractivity contribution in [3.8, 4) is 0 Å². The molecular weight excluding hydrogens is 450 g/mol. The van der Waals surface area contributed by atoms with Crippen molar-refractivity contribution in [2.24, 2.45) is 0 Å². The molecule has 2 aromatic heterocycles. The fourth-order valence-electron chi connectivity index (χ4n) is 5.06. The van der Waals surface area contributed by atoms with Gasteiger partial charge < -0.3 is 5.32 Å². The first-order chi connectivity index (χ1) is 16.2. The second kappa shape index (κ2) is 10.4. The van der Waals surface area contributed by atoms with Gasteiger partial charge in [0.05, 0.1) is 11.1 Å². The number of hydrogen-bond acceptors (Lipinski definition) is 5. The smallest absolute Gasteiger partial charge is 0.263 e. The summed E-state index contributed by atoms with van der Waals surface area (Å²) in [6.45, 7) is 0.572. The molecule has 1 amide bonds. The number of carbonyl (C=O) groups excluding carboxylic acids is 1. The maximum absolute atomic E-state index is 13.7. The minimum absolute atomic E-state index is 0.0429. The third-order valence-electron chi connectivity index (χ3n) is 6.81. The Morgan fingerprint density at radius 1 is 1.09 bits per heavy atom. The van der Waals surface area contributed by atoms with E-state index in [1.54, 1.807) is 11.3 Å². The second-order valence-electron chi connectivity index (χ2n) is 9.17. The van der Waals surface area contributed by atoms with E-state index < -0.39 is 0 Å². The van der Waals surface area contributed by atoms with Crippen LogP contribution in [0.1, 0.15) is 60.9 Å². The first-order valence-corrected chi connectivity index (χ1v) is 14.0. The number of thioether (sulfide) groups is 1. The summed E-state index contributed by atoms with van der Waals surface area (Å²) in [5, 5.41) is 4.67. The molecule has 0 unspecified atom stereocenters. The van der Waals surface area contributed by atoms with Gasteiger partial charge in [0.2, 0.25) is 5.91 Å². The van der Waals surface area contributed by atoms with E-state index in [1.807, 2.05) is 22.8 Å². The number of aryl methyl sites for hydroxylation is 3. The van der Waals surface area contributed by atoms with Crippen molar-refractivity contribution < 1.29 is 4.79 Å². The van der Waals surface area contributed by atoms with Gasteiger partial charge in [-0.25, -0.2) is 4.98 Å². The maximum Gasteiger partial charge on any atom is 0.263 e. The maximum atomic E-state index is 13.7. The number of rotatable bonds is 7. The molecule has 3 aromatic rings. The minimum atomic E-state index is 0.0429. The van der Waals surface area contributed by atoms with E-state index in [-0.39, 0.29) is 11.5 Å². The predicted molar refractivity (Wildman–Crippen MR) is 136 cm³/mol. The van der Waals surface area contributed by atoms with Gasteiger partial charge in [0, 0.05) is 17.5 Å². The van der Waals surface area contributed by atoms with Crippen LogP contribution in [-0.2, 0) is 30.6 Å². The van der Waals surface area contributed by atoms with Crippen LogP contribution >= 0.6 is 23.1 Å². The molecule has 0 atom stereocenters. The third kappa shape index (κ3) is 5.19. The van der Waals surface area contributed by atoms with Gasteiger partial charge >= 0.3 is 0 Å². The number of carbonyl (C=O) groups is 1. The van der Waals surface area contributed by atoms with E-state index >= 15 is 0 Å². The zero-order chi connectivity index (χ0) is 22.6. The summed E-state index contributed by atoms with van der Waals surface area (Å²) in [4.78, 5) is 33.4. The molecule has 174 valence electrons. The lowest BCUT2D eigenvalue weighted by Gasteiger charge is -2.22. The molecule has 1 saturated carbocycles. The van der Waals surface area contributed by atoms with Crippen molar-refractivity contribution in [1.29, 1.82) is 0 Å². The summed E-state index contributed by atoms with van der Waals surface area (Å²) >= 11 is 3.08. The Hall–Kier alpha value is -2.12. The van der Waals surface area contributed by atoms with E-state index in [0.29, 0.717) is 23.5 Å². The summed E-state index contributed by atoms with van der Waals surface area (Å²) in [6, 6.07) is 10.5. The van der Waals surface area contributed by atoms with Gasteiger partial charge in [-0.2, -0.15) is 0 Å². The molecule has 0 saturated heterocycles. The molecule has 0 spiro atoms. The van der Waals surface area contributed by atoms with Gasteiger partial charge in [0.25, 0.3) is 5.56 Å². The zero-order valence-electron chi connectivity index (χ0n) is 19.0. The highest BCUT2D eigenvalue weighted by atomic mass is 32.2. The van der Waals surface area contributed by atoms with Crippen LogP contribution in [0.25, 0.3) is 10.2 Å². The molecule has 0 bridgehead atoms. The van der Waals surface area contributed by atoms with E-state index in [1.165, 1.54) is 53.4 Å². The zero-order valence-corrected chi connectivity index (χ0v) is 20.6. The highest BCUT2D eigenvalue weighted by Gasteiger charge is 2.23. The highest BCUT2D eigenvalue weighted by Crippen LogP contribution is 2.34. The summed E-state index contributed by atoms with van der Waals surface area (Å²) in [6.07, 6.45) is 10.9. The molecule has 5 rings (SSSR count). The van der Waals surface area contributed by atoms with Crippen LogP contribution < -0.4 is 10.9 Å². The fraction of sp³-hybridized carbons (Fsp3) is 0.500. The van der Waals surface area contributed by atoms with Gasteiger partial charge in [0.15, 0.2) is 5.16 Å². The van der Waals surface area contributed by atoms with E-state index in [4.69, 9.17) is 4.98 Å². The Bertz CT molecular complexity index is 1180. The molecule has 5 nitrogen and oxygen atoms in total. The highest BCUT2D eigenvalue weighted by molar-refractivity contribution is 7.99. The van der Waals surface area contributed by atoms with Gasteiger partial charge in [0.1, 0.15) is 4.83 Å². The van der Waals surface area contributed by atoms with Crippen LogP contribution in [0.3, 0.4) is 0 Å². The Kier molecular flexibility index (Phi) is 7.16. The number of aromatic nitrogens is 2. The number of amides is 1. The Labute approximate surface area is 203 Å². The molecule has 0 radical (unpaired) electrons. The molecule has 7 heteroatoms. The van der Waals surface area contributed by atoms with Gasteiger partial charge in [-0.3, -0.25) is 14.2 Å². The van der Waals surface area contributed by atoms with E-state index in [0.717, 1.165) is 48.7 Å². The molecular formula is C26H31N3O2S2. The van der Waals surface area contributed by atoms with Crippen LogP contribution in [0.15, 0.2) is 40.3 Å². The number of nitrogens with zero attached hydrogens (tertiary/aromatic N) is 2. The molecule has 33 heavy (non-hydrogen) atoms. The van der Waals surface area contributed by atoms with Crippen molar-refractivity contribution in [2.75, 3.05) is 5.75 Å². The SMILES string of the molecule is O=C(CSc1nc2sc3c(c2c(=O)n1CCc1ccccc1)CCCC3)NC1CCCCC1. The van der Waals surface area contributed by atoms with Crippen molar-refractivity contribution in [3.05, 3.63) is 56.7 Å². The van der Waals surface area contributed by atoms with Gasteiger partial charge in [-0.05, 0) is 56.1 Å². The molecule has 1 N–H and O–H groups in total. The lowest BCUT2D eigenvalue weighted by Crippen LogP contribution is -2.37. The molecule has 2 aliphatic carbocycles. The Morgan fingerprint density at radius 2 is 1.88 bits per heavy atom. The van der Waals surface area contributed by atoms with Gasteiger partial charge in [-0.1, -0.05) is 61.4 Å². The number of benzene rings is 1. The summed E-state index contributed by atoms with van der Waals surface area (Å²) < 4.78 is 1.81. The monoisotopic (exact) mass is 481 g/mol. The largest absolute Gasteiger partial charge is 0.353 e. The van der Waals surface area contributed by atoms with Crippen molar-refractivity contribution in [3.63, 3.8) is 0 Å². The van der Waals surface area contributed by atoms with E-state index in [2.05, 4.69) is 17.4 Å². The second-order valence-corrected chi connectivity index (χ2v) is 11.2. The number of nitrogens with one attached hydrogen (secondary N) is 1. The van der Waals surface area contributed by atoms with E-state index in [9.17, 15) is 9.59 Å². The first-order valence-electron chi connectivity index (χ1n) is 12.2. The fourth-order valence-corrected chi connectivity index (χ4v) is 7.20. The van der Waals surface area contributed by atoms with Gasteiger partial charge in [-0.15, -0.1) is 11.3 Å². The van der Waals surface area contributed by atoms with Crippen molar-refractivity contribution in [2.45, 2.75) is 82.0 Å². The normalized spacial score (nSPS) is 16.6. The first kappa shape index (κ1) is 22.7. The Morgan fingerprint density at radius 3 is 2.70 bits per heavy atom. The lowest BCUT2D eigenvalue weighted by atomic mass is 9.95. The standard InChI is InChI=1S/C26H31N3O2S2/c30-22(27-19-11-5-2-6-12-19)17-32-26-28-24-23(20-13-7-8-14-21(20)33-24)25(31)29(26)16-15-18-9-3-1-4-10-18/h1,3-4,9-10,19H,2,5-8,11-17H2,(H,27,30). The molecule has 2 aliphatic rings. The number of thiophene rings is 1. The summed E-state index contributed by atoms with van der Waals surface area (Å²) in [5.74, 6) is 0.339. The predicted octanol–water partition coefficient (Wildman–Crippen LogP) is 5.12. The topological polar surface area (TPSA) is 64.0 Å². The quantitative estimate of drug-likeness (QED) is 0.376. The third-order valence-corrected chi connectivity index (χ3v) is 8.97. The number of hydrogen-bond donors (Lipinski definition) is 1. The van der Waals surface area contributed by atoms with Crippen LogP contribution in [0.4, 0.5) is 0 Å². The van der Waals surface area contributed by atoms with Crippen molar-refractivity contribution >= 4 is 39.2 Å². The summed E-state index contributed by atoms with van der Waals surface area (Å²) in [7, 11) is 0. The summed E-state index contributed by atoms with van der Waals surface area (Å²) in [5.41, 5.74) is 2.48. The van der Waals surface area contributed by atoms with Crippen LogP contribution in [0, 0.1) is 0 Å². The van der Waals surface area contributed by atoms with Crippen molar-refractivity contribution in [1.82, 2.24) is 14.9 Å². The number of fused-ring (bicyclic) bond motifs is 3. The van der Waals surface area contributed by atoms with Crippen LogP contribution in [0.5, 0.6) is 0 Å². The Balaban J connectivity index is 1.41. The molecule has 0 aliphatic heterocycles. The minimum Gasteiger partial charge on any atom is -0.353 e. The molecule has 1 aromatic carbocycles. The van der Waals surface area contributed by atoms with Crippen LogP contribution in [0.2, 0.25) is 0 Å². The molecule has 2 heterocycles. The average molecular weight is 482 g/mol.